The van der Waals surface area contributed by atoms with Crippen molar-refractivity contribution in [3.05, 3.63) is 82.3 Å². The van der Waals surface area contributed by atoms with Gasteiger partial charge in [0.1, 0.15) is 0 Å². The van der Waals surface area contributed by atoms with E-state index in [0.29, 0.717) is 24.5 Å². The number of sulfonamides is 1. The number of hydrogen-bond donors (Lipinski definition) is 2. The van der Waals surface area contributed by atoms with Gasteiger partial charge in [0.05, 0.1) is 33.8 Å². The minimum absolute atomic E-state index is 0.0198. The van der Waals surface area contributed by atoms with E-state index in [4.69, 9.17) is 27.9 Å². The molecule has 1 saturated heterocycles. The Morgan fingerprint density at radius 2 is 1.58 bits per heavy atom. The number of halogens is 2. The largest absolute Gasteiger partial charge is 0.378 e. The van der Waals surface area contributed by atoms with Gasteiger partial charge in [-0.1, -0.05) is 29.3 Å². The zero-order chi connectivity index (χ0) is 23.4. The van der Waals surface area contributed by atoms with Crippen molar-refractivity contribution in [1.29, 1.82) is 0 Å². The number of nitrogens with one attached hydrogen (secondary N) is 2. The Bertz CT molecular complexity index is 1240. The number of anilines is 3. The van der Waals surface area contributed by atoms with Crippen molar-refractivity contribution in [2.45, 2.75) is 4.90 Å². The third kappa shape index (κ3) is 5.59. The fourth-order valence-corrected chi connectivity index (χ4v) is 4.83. The first kappa shape index (κ1) is 23.4. The van der Waals surface area contributed by atoms with Crippen molar-refractivity contribution in [1.82, 2.24) is 0 Å². The number of amides is 1. The van der Waals surface area contributed by atoms with Crippen LogP contribution in [0, 0.1) is 0 Å². The first-order chi connectivity index (χ1) is 15.8. The van der Waals surface area contributed by atoms with E-state index in [0.717, 1.165) is 18.8 Å². The van der Waals surface area contributed by atoms with Gasteiger partial charge in [0.2, 0.25) is 0 Å². The lowest BCUT2D eigenvalue weighted by Gasteiger charge is -2.28. The van der Waals surface area contributed by atoms with Crippen LogP contribution in [0.5, 0.6) is 0 Å². The van der Waals surface area contributed by atoms with Crippen molar-refractivity contribution in [3.63, 3.8) is 0 Å². The summed E-state index contributed by atoms with van der Waals surface area (Å²) in [6.45, 7) is 3.02. The van der Waals surface area contributed by atoms with Gasteiger partial charge in [-0.15, -0.1) is 0 Å². The van der Waals surface area contributed by atoms with Gasteiger partial charge in [-0.3, -0.25) is 9.52 Å². The molecule has 1 aliphatic rings. The minimum atomic E-state index is -3.88. The normalized spacial score (nSPS) is 14.1. The van der Waals surface area contributed by atoms with Gasteiger partial charge in [-0.2, -0.15) is 0 Å². The average Bonchev–Trinajstić information content (AvgIpc) is 2.83. The summed E-state index contributed by atoms with van der Waals surface area (Å²) in [6.07, 6.45) is 0. The summed E-state index contributed by atoms with van der Waals surface area (Å²) in [5.41, 5.74) is 2.19. The molecule has 1 fully saturated rings. The summed E-state index contributed by atoms with van der Waals surface area (Å²) in [7, 11) is -3.88. The van der Waals surface area contributed by atoms with Crippen LogP contribution in [-0.4, -0.2) is 40.6 Å². The Morgan fingerprint density at radius 3 is 2.24 bits per heavy atom. The Labute approximate surface area is 202 Å². The smallest absolute Gasteiger partial charge is 0.261 e. The fourth-order valence-electron chi connectivity index (χ4n) is 3.35. The van der Waals surface area contributed by atoms with Gasteiger partial charge in [-0.25, -0.2) is 8.42 Å². The third-order valence-corrected chi connectivity index (χ3v) is 7.32. The summed E-state index contributed by atoms with van der Waals surface area (Å²) in [6, 6.07) is 17.9. The summed E-state index contributed by atoms with van der Waals surface area (Å²) >= 11 is 12.0. The van der Waals surface area contributed by atoms with Crippen LogP contribution in [-0.2, 0) is 14.8 Å². The Morgan fingerprint density at radius 1 is 0.909 bits per heavy atom. The number of rotatable bonds is 6. The molecule has 0 saturated carbocycles. The third-order valence-electron chi connectivity index (χ3n) is 5.12. The van der Waals surface area contributed by atoms with Gasteiger partial charge in [0.25, 0.3) is 15.9 Å². The fraction of sp³-hybridized carbons (Fsp3) is 0.174. The van der Waals surface area contributed by atoms with E-state index >= 15 is 0 Å². The topological polar surface area (TPSA) is 87.7 Å². The maximum atomic E-state index is 12.7. The van der Waals surface area contributed by atoms with E-state index in [9.17, 15) is 13.2 Å². The monoisotopic (exact) mass is 505 g/mol. The molecular formula is C23H21Cl2N3O4S. The molecule has 33 heavy (non-hydrogen) atoms. The summed E-state index contributed by atoms with van der Waals surface area (Å²) < 4.78 is 33.1. The molecule has 0 atom stereocenters. The average molecular weight is 506 g/mol. The molecule has 0 radical (unpaired) electrons. The summed E-state index contributed by atoms with van der Waals surface area (Å²) in [5.74, 6) is -0.289. The molecule has 10 heteroatoms. The molecule has 0 spiro atoms. The second kappa shape index (κ2) is 10.0. The molecule has 1 heterocycles. The molecule has 1 aliphatic heterocycles. The molecular weight excluding hydrogens is 485 g/mol. The molecule has 172 valence electrons. The van der Waals surface area contributed by atoms with Gasteiger partial charge in [0, 0.05) is 30.0 Å². The first-order valence-electron chi connectivity index (χ1n) is 10.1. The highest BCUT2D eigenvalue weighted by Gasteiger charge is 2.17. The molecule has 3 aromatic carbocycles. The lowest BCUT2D eigenvalue weighted by Crippen LogP contribution is -2.36. The lowest BCUT2D eigenvalue weighted by molar-refractivity contribution is 0.102. The van der Waals surface area contributed by atoms with Crippen LogP contribution in [0.15, 0.2) is 71.6 Å². The Kier molecular flexibility index (Phi) is 7.09. The standard InChI is InChI=1S/C23H21Cl2N3O4S/c24-20-2-1-3-21(22(20)25)27-33(30,31)19-10-6-17(7-11-19)26-23(29)16-4-8-18(9-5-16)28-12-14-32-15-13-28/h1-11,27H,12-15H2,(H,26,29). The SMILES string of the molecule is O=C(Nc1ccc(S(=O)(=O)Nc2cccc(Cl)c2Cl)cc1)c1ccc(N2CCOCC2)cc1. The molecule has 0 aromatic heterocycles. The predicted octanol–water partition coefficient (Wildman–Crippen LogP) is 4.88. The van der Waals surface area contributed by atoms with Crippen LogP contribution in [0.2, 0.25) is 10.0 Å². The van der Waals surface area contributed by atoms with Crippen LogP contribution >= 0.6 is 23.2 Å². The molecule has 0 unspecified atom stereocenters. The number of benzene rings is 3. The molecule has 7 nitrogen and oxygen atoms in total. The van der Waals surface area contributed by atoms with E-state index in [1.54, 1.807) is 24.3 Å². The molecule has 3 aromatic rings. The van der Waals surface area contributed by atoms with Crippen LogP contribution in [0.1, 0.15) is 10.4 Å². The van der Waals surface area contributed by atoms with E-state index in [1.807, 2.05) is 12.1 Å². The number of carbonyl (C=O) groups is 1. The van der Waals surface area contributed by atoms with E-state index in [-0.39, 0.29) is 26.5 Å². The van der Waals surface area contributed by atoms with E-state index < -0.39 is 10.0 Å². The molecule has 1 amide bonds. The van der Waals surface area contributed by atoms with Crippen LogP contribution < -0.4 is 14.9 Å². The molecule has 0 aliphatic carbocycles. The Balaban J connectivity index is 1.41. The zero-order valence-corrected chi connectivity index (χ0v) is 19.8. The highest BCUT2D eigenvalue weighted by Crippen LogP contribution is 2.31. The van der Waals surface area contributed by atoms with Gasteiger partial charge < -0.3 is 15.0 Å². The van der Waals surface area contributed by atoms with E-state index in [1.165, 1.54) is 30.3 Å². The van der Waals surface area contributed by atoms with E-state index in [2.05, 4.69) is 14.9 Å². The zero-order valence-electron chi connectivity index (χ0n) is 17.4. The second-order valence-electron chi connectivity index (χ2n) is 7.33. The predicted molar refractivity (Wildman–Crippen MR) is 131 cm³/mol. The molecule has 4 rings (SSSR count). The van der Waals surface area contributed by atoms with Crippen LogP contribution in [0.3, 0.4) is 0 Å². The highest BCUT2D eigenvalue weighted by atomic mass is 35.5. The van der Waals surface area contributed by atoms with Crippen molar-refractivity contribution >= 4 is 56.2 Å². The van der Waals surface area contributed by atoms with Crippen molar-refractivity contribution in [2.75, 3.05) is 41.2 Å². The van der Waals surface area contributed by atoms with Gasteiger partial charge in [0.15, 0.2) is 0 Å². The maximum Gasteiger partial charge on any atom is 0.261 e. The van der Waals surface area contributed by atoms with Gasteiger partial charge in [-0.05, 0) is 60.7 Å². The van der Waals surface area contributed by atoms with Crippen molar-refractivity contribution in [3.8, 4) is 0 Å². The van der Waals surface area contributed by atoms with Crippen LogP contribution in [0.25, 0.3) is 0 Å². The van der Waals surface area contributed by atoms with Crippen molar-refractivity contribution in [2.24, 2.45) is 0 Å². The number of morpholine rings is 1. The quantitative estimate of drug-likeness (QED) is 0.498. The highest BCUT2D eigenvalue weighted by molar-refractivity contribution is 7.92. The van der Waals surface area contributed by atoms with Crippen molar-refractivity contribution < 1.29 is 17.9 Å². The lowest BCUT2D eigenvalue weighted by atomic mass is 10.1. The number of nitrogens with zero attached hydrogens (tertiary/aromatic N) is 1. The van der Waals surface area contributed by atoms with Gasteiger partial charge >= 0.3 is 0 Å². The minimum Gasteiger partial charge on any atom is -0.378 e. The van der Waals surface area contributed by atoms with Crippen LogP contribution in [0.4, 0.5) is 17.1 Å². The number of ether oxygens (including phenoxy) is 1. The summed E-state index contributed by atoms with van der Waals surface area (Å²) in [5, 5.41) is 3.14. The summed E-state index contributed by atoms with van der Waals surface area (Å²) in [4.78, 5) is 14.8. The number of carbonyl (C=O) groups excluding carboxylic acids is 1. The maximum absolute atomic E-state index is 12.7. The molecule has 2 N–H and O–H groups in total. The Hall–Kier alpha value is -2.78. The number of hydrogen-bond acceptors (Lipinski definition) is 5. The first-order valence-corrected chi connectivity index (χ1v) is 12.4. The second-order valence-corrected chi connectivity index (χ2v) is 9.80. The molecule has 0 bridgehead atoms.